The first-order chi connectivity index (χ1) is 6.20. The summed E-state index contributed by atoms with van der Waals surface area (Å²) in [6.45, 7) is 0. The van der Waals surface area contributed by atoms with Gasteiger partial charge in [0.2, 0.25) is 5.28 Å². The zero-order chi connectivity index (χ0) is 9.42. The molecule has 1 heterocycles. The zero-order valence-corrected chi connectivity index (χ0v) is 8.65. The molecule has 2 rings (SSSR count). The topological polar surface area (TPSA) is 52.5 Å². The molecule has 0 spiro atoms. The second-order valence-corrected chi connectivity index (χ2v) is 3.76. The van der Waals surface area contributed by atoms with Crippen molar-refractivity contribution in [1.29, 1.82) is 5.26 Å². The highest BCUT2D eigenvalue weighted by molar-refractivity contribution is 9.10. The van der Waals surface area contributed by atoms with Gasteiger partial charge < -0.3 is 4.98 Å². The van der Waals surface area contributed by atoms with E-state index in [9.17, 15) is 0 Å². The third kappa shape index (κ3) is 1.41. The van der Waals surface area contributed by atoms with E-state index in [-0.39, 0.29) is 0 Å². The van der Waals surface area contributed by atoms with Gasteiger partial charge in [0.05, 0.1) is 11.1 Å². The molecule has 0 aliphatic carbocycles. The number of aromatic nitrogens is 2. The van der Waals surface area contributed by atoms with Gasteiger partial charge in [-0.25, -0.2) is 4.98 Å². The van der Waals surface area contributed by atoms with Crippen molar-refractivity contribution in [2.45, 2.75) is 0 Å². The standard InChI is InChI=1S/C8H3BrClN3/c9-5-1-4(3-11)7-6(2-5)12-8(10)13-7/h1-2H,(H,12,13). The van der Waals surface area contributed by atoms with Crippen molar-refractivity contribution in [1.82, 2.24) is 9.97 Å². The van der Waals surface area contributed by atoms with Crippen molar-refractivity contribution in [2.24, 2.45) is 0 Å². The van der Waals surface area contributed by atoms with Gasteiger partial charge in [-0.15, -0.1) is 0 Å². The molecule has 3 nitrogen and oxygen atoms in total. The number of fused-ring (bicyclic) bond motifs is 1. The predicted molar refractivity (Wildman–Crippen MR) is 53.5 cm³/mol. The number of nitriles is 1. The largest absolute Gasteiger partial charge is 0.329 e. The van der Waals surface area contributed by atoms with Crippen LogP contribution in [0.5, 0.6) is 0 Å². The van der Waals surface area contributed by atoms with E-state index in [2.05, 4.69) is 32.0 Å². The number of nitrogens with one attached hydrogen (secondary N) is 1. The smallest absolute Gasteiger partial charge is 0.201 e. The summed E-state index contributed by atoms with van der Waals surface area (Å²) in [4.78, 5) is 6.84. The predicted octanol–water partition coefficient (Wildman–Crippen LogP) is 2.85. The number of hydrogen-bond donors (Lipinski definition) is 1. The molecule has 0 bridgehead atoms. The molecule has 0 radical (unpaired) electrons. The summed E-state index contributed by atoms with van der Waals surface area (Å²) in [5.74, 6) is 0. The van der Waals surface area contributed by atoms with E-state index < -0.39 is 0 Å². The molecule has 0 unspecified atom stereocenters. The van der Waals surface area contributed by atoms with Gasteiger partial charge in [-0.1, -0.05) is 15.9 Å². The molecular formula is C8H3BrClN3. The average molecular weight is 256 g/mol. The Morgan fingerprint density at radius 3 is 3.00 bits per heavy atom. The summed E-state index contributed by atoms with van der Waals surface area (Å²) >= 11 is 8.96. The van der Waals surface area contributed by atoms with Crippen molar-refractivity contribution in [2.75, 3.05) is 0 Å². The van der Waals surface area contributed by atoms with Crippen molar-refractivity contribution >= 4 is 38.6 Å². The lowest BCUT2D eigenvalue weighted by Gasteiger charge is -1.92. The van der Waals surface area contributed by atoms with Crippen molar-refractivity contribution in [3.8, 4) is 6.07 Å². The van der Waals surface area contributed by atoms with E-state index in [1.54, 1.807) is 6.07 Å². The summed E-state index contributed by atoms with van der Waals surface area (Å²) in [5, 5.41) is 9.10. The molecule has 0 saturated heterocycles. The molecule has 13 heavy (non-hydrogen) atoms. The molecule has 64 valence electrons. The summed E-state index contributed by atoms with van der Waals surface area (Å²) in [6.07, 6.45) is 0. The van der Waals surface area contributed by atoms with Crippen LogP contribution in [0.25, 0.3) is 11.0 Å². The molecule has 0 fully saturated rings. The molecule has 2 aromatic rings. The summed E-state index contributed by atoms with van der Waals surface area (Å²) in [7, 11) is 0. The number of halogens is 2. The van der Waals surface area contributed by atoms with Gasteiger partial charge in [-0.3, -0.25) is 0 Å². The molecule has 1 aromatic carbocycles. The fourth-order valence-electron chi connectivity index (χ4n) is 1.14. The van der Waals surface area contributed by atoms with E-state index in [1.807, 2.05) is 6.07 Å². The first-order valence-electron chi connectivity index (χ1n) is 3.45. The highest BCUT2D eigenvalue weighted by Crippen LogP contribution is 2.23. The van der Waals surface area contributed by atoms with Crippen molar-refractivity contribution in [3.05, 3.63) is 27.5 Å². The lowest BCUT2D eigenvalue weighted by Crippen LogP contribution is -1.78. The minimum Gasteiger partial charge on any atom is -0.329 e. The van der Waals surface area contributed by atoms with E-state index in [0.717, 1.165) is 9.99 Å². The Morgan fingerprint density at radius 2 is 2.31 bits per heavy atom. The van der Waals surface area contributed by atoms with Gasteiger partial charge in [0, 0.05) is 4.47 Å². The van der Waals surface area contributed by atoms with Gasteiger partial charge in [0.1, 0.15) is 11.6 Å². The van der Waals surface area contributed by atoms with E-state index >= 15 is 0 Å². The minimum absolute atomic E-state index is 0.296. The second-order valence-electron chi connectivity index (χ2n) is 2.49. The quantitative estimate of drug-likeness (QED) is 0.788. The number of rotatable bonds is 0. The summed E-state index contributed by atoms with van der Waals surface area (Å²) < 4.78 is 0.830. The molecule has 5 heteroatoms. The molecule has 0 aliphatic rings. The Morgan fingerprint density at radius 1 is 1.54 bits per heavy atom. The maximum absolute atomic E-state index is 8.80. The van der Waals surface area contributed by atoms with Crippen LogP contribution in [0.3, 0.4) is 0 Å². The Hall–Kier alpha value is -1.05. The first kappa shape index (κ1) is 8.54. The van der Waals surface area contributed by atoms with E-state index in [0.29, 0.717) is 16.4 Å². The first-order valence-corrected chi connectivity index (χ1v) is 4.62. The molecule has 0 saturated carbocycles. The summed E-state index contributed by atoms with van der Waals surface area (Å²) in [6, 6.07) is 5.59. The van der Waals surface area contributed by atoms with Crippen LogP contribution < -0.4 is 0 Å². The monoisotopic (exact) mass is 255 g/mol. The molecule has 0 atom stereocenters. The zero-order valence-electron chi connectivity index (χ0n) is 6.31. The van der Waals surface area contributed by atoms with Crippen LogP contribution in [-0.2, 0) is 0 Å². The Bertz CT molecular complexity index is 512. The van der Waals surface area contributed by atoms with Gasteiger partial charge in [0.15, 0.2) is 0 Å². The fourth-order valence-corrected chi connectivity index (χ4v) is 1.78. The van der Waals surface area contributed by atoms with Crippen LogP contribution in [0.2, 0.25) is 5.28 Å². The third-order valence-corrected chi connectivity index (χ3v) is 2.28. The van der Waals surface area contributed by atoms with E-state index in [1.165, 1.54) is 0 Å². The number of H-pyrrole nitrogens is 1. The highest BCUT2D eigenvalue weighted by Gasteiger charge is 2.06. The fraction of sp³-hybridized carbons (Fsp3) is 0. The van der Waals surface area contributed by atoms with Crippen LogP contribution in [0, 0.1) is 11.3 Å². The maximum atomic E-state index is 8.80. The number of hydrogen-bond acceptors (Lipinski definition) is 2. The van der Waals surface area contributed by atoms with E-state index in [4.69, 9.17) is 16.9 Å². The van der Waals surface area contributed by atoms with Gasteiger partial charge in [-0.2, -0.15) is 5.26 Å². The minimum atomic E-state index is 0.296. The number of nitrogens with zero attached hydrogens (tertiary/aromatic N) is 2. The van der Waals surface area contributed by atoms with Crippen molar-refractivity contribution in [3.63, 3.8) is 0 Å². The molecule has 1 N–H and O–H groups in total. The van der Waals surface area contributed by atoms with Crippen LogP contribution >= 0.6 is 27.5 Å². The molecular weight excluding hydrogens is 253 g/mol. The molecule has 0 amide bonds. The molecule has 0 aliphatic heterocycles. The van der Waals surface area contributed by atoms with Crippen LogP contribution in [0.15, 0.2) is 16.6 Å². The van der Waals surface area contributed by atoms with Gasteiger partial charge in [0.25, 0.3) is 0 Å². The Balaban J connectivity index is 2.90. The SMILES string of the molecule is N#Cc1cc(Br)cc2[nH]c(Cl)nc12. The maximum Gasteiger partial charge on any atom is 0.201 e. The molecule has 1 aromatic heterocycles. The van der Waals surface area contributed by atoms with Gasteiger partial charge in [-0.05, 0) is 23.7 Å². The third-order valence-electron chi connectivity index (χ3n) is 1.64. The van der Waals surface area contributed by atoms with Gasteiger partial charge >= 0.3 is 0 Å². The van der Waals surface area contributed by atoms with Crippen molar-refractivity contribution < 1.29 is 0 Å². The number of aromatic amines is 1. The van der Waals surface area contributed by atoms with Crippen LogP contribution in [0.4, 0.5) is 0 Å². The average Bonchev–Trinajstić information content (AvgIpc) is 2.43. The number of imidazole rings is 1. The lowest BCUT2D eigenvalue weighted by atomic mass is 10.2. The Kier molecular flexibility index (Phi) is 1.98. The van der Waals surface area contributed by atoms with Crippen LogP contribution in [-0.4, -0.2) is 9.97 Å². The highest BCUT2D eigenvalue weighted by atomic mass is 79.9. The van der Waals surface area contributed by atoms with Crippen LogP contribution in [0.1, 0.15) is 5.56 Å². The normalized spacial score (nSPS) is 10.2. The number of benzene rings is 1. The Labute approximate surface area is 87.5 Å². The lowest BCUT2D eigenvalue weighted by molar-refractivity contribution is 1.34. The summed E-state index contributed by atoms with van der Waals surface area (Å²) in [5.41, 5.74) is 1.87. The second kappa shape index (κ2) is 3.02.